The Balaban J connectivity index is 1.63. The molecule has 0 aliphatic carbocycles. The van der Waals surface area contributed by atoms with Gasteiger partial charge < -0.3 is 5.32 Å². The fourth-order valence-corrected chi connectivity index (χ4v) is 6.42. The molecule has 1 saturated heterocycles. The fraction of sp³-hybridized carbons (Fsp3) is 0.565. The van der Waals surface area contributed by atoms with E-state index in [0.29, 0.717) is 36.7 Å². The first-order valence-corrected chi connectivity index (χ1v) is 13.3. The first-order chi connectivity index (χ1) is 14.7. The van der Waals surface area contributed by atoms with Crippen molar-refractivity contribution < 1.29 is 13.2 Å². The summed E-state index contributed by atoms with van der Waals surface area (Å²) in [4.78, 5) is 17.4. The Morgan fingerprint density at radius 2 is 1.90 bits per heavy atom. The highest BCUT2D eigenvalue weighted by atomic mass is 32.2. The summed E-state index contributed by atoms with van der Waals surface area (Å²) in [6, 6.07) is 3.32. The number of thiazole rings is 1. The van der Waals surface area contributed by atoms with Crippen LogP contribution in [0.3, 0.4) is 0 Å². The van der Waals surface area contributed by atoms with E-state index in [-0.39, 0.29) is 10.8 Å². The van der Waals surface area contributed by atoms with Crippen LogP contribution in [0.25, 0.3) is 0 Å². The van der Waals surface area contributed by atoms with Crippen molar-refractivity contribution in [3.63, 3.8) is 0 Å². The van der Waals surface area contributed by atoms with Gasteiger partial charge in [0.1, 0.15) is 0 Å². The van der Waals surface area contributed by atoms with Gasteiger partial charge in [0.05, 0.1) is 9.90 Å². The molecule has 1 fully saturated rings. The number of carbonyl (C=O) groups is 1. The number of benzene rings is 1. The SMILES string of the molecule is Cc1csc(CCCCNC(=O)c2cc(C)c(C)c(S(=O)(=O)N3CCC(C)CC3)c2)n1. The number of nitrogens with zero attached hydrogens (tertiary/aromatic N) is 2. The van der Waals surface area contributed by atoms with Crippen LogP contribution in [0.1, 0.15) is 64.8 Å². The summed E-state index contributed by atoms with van der Waals surface area (Å²) in [5.74, 6) is 0.322. The second kappa shape index (κ2) is 10.2. The molecular formula is C23H33N3O3S2. The zero-order chi connectivity index (χ0) is 22.6. The Bertz CT molecular complexity index is 1020. The third-order valence-electron chi connectivity index (χ3n) is 6.01. The van der Waals surface area contributed by atoms with E-state index in [2.05, 4.69) is 17.2 Å². The van der Waals surface area contributed by atoms with Gasteiger partial charge in [0, 0.05) is 36.3 Å². The van der Waals surface area contributed by atoms with Gasteiger partial charge in [0.25, 0.3) is 5.91 Å². The molecule has 1 N–H and O–H groups in total. The van der Waals surface area contributed by atoms with Crippen molar-refractivity contribution >= 4 is 27.3 Å². The van der Waals surface area contributed by atoms with Crippen molar-refractivity contribution in [1.82, 2.24) is 14.6 Å². The molecule has 3 rings (SSSR count). The number of piperidine rings is 1. The highest BCUT2D eigenvalue weighted by molar-refractivity contribution is 7.89. The van der Waals surface area contributed by atoms with Gasteiger partial charge in [-0.05, 0) is 82.1 Å². The van der Waals surface area contributed by atoms with Crippen molar-refractivity contribution in [1.29, 1.82) is 0 Å². The fourth-order valence-electron chi connectivity index (χ4n) is 3.81. The molecule has 0 bridgehead atoms. The Hall–Kier alpha value is -1.77. The Kier molecular flexibility index (Phi) is 7.88. The third-order valence-corrected chi connectivity index (χ3v) is 9.06. The number of hydrogen-bond acceptors (Lipinski definition) is 5. The first kappa shape index (κ1) is 23.9. The minimum absolute atomic E-state index is 0.225. The average Bonchev–Trinajstić information content (AvgIpc) is 3.14. The maximum Gasteiger partial charge on any atom is 0.251 e. The second-order valence-corrected chi connectivity index (χ2v) is 11.4. The number of amides is 1. The van der Waals surface area contributed by atoms with E-state index < -0.39 is 10.0 Å². The van der Waals surface area contributed by atoms with Crippen molar-refractivity contribution in [2.24, 2.45) is 5.92 Å². The van der Waals surface area contributed by atoms with Crippen LogP contribution in [0.2, 0.25) is 0 Å². The van der Waals surface area contributed by atoms with Gasteiger partial charge in [-0.1, -0.05) is 6.92 Å². The zero-order valence-corrected chi connectivity index (χ0v) is 20.5. The number of sulfonamides is 1. The summed E-state index contributed by atoms with van der Waals surface area (Å²) in [5.41, 5.74) is 2.99. The van der Waals surface area contributed by atoms with E-state index in [4.69, 9.17) is 0 Å². The van der Waals surface area contributed by atoms with Crippen LogP contribution in [0.15, 0.2) is 22.4 Å². The number of unbranched alkanes of at least 4 members (excludes halogenated alkanes) is 1. The van der Waals surface area contributed by atoms with Crippen LogP contribution in [-0.4, -0.2) is 43.2 Å². The van der Waals surface area contributed by atoms with E-state index in [0.717, 1.165) is 48.4 Å². The van der Waals surface area contributed by atoms with Gasteiger partial charge in [0.2, 0.25) is 10.0 Å². The summed E-state index contributed by atoms with van der Waals surface area (Å²) in [6.07, 6.45) is 4.46. The largest absolute Gasteiger partial charge is 0.352 e. The smallest absolute Gasteiger partial charge is 0.251 e. The molecule has 31 heavy (non-hydrogen) atoms. The molecule has 0 spiro atoms. The predicted molar refractivity (Wildman–Crippen MR) is 125 cm³/mol. The predicted octanol–water partition coefficient (Wildman–Crippen LogP) is 4.24. The van der Waals surface area contributed by atoms with Gasteiger partial charge in [-0.3, -0.25) is 4.79 Å². The summed E-state index contributed by atoms with van der Waals surface area (Å²) in [7, 11) is -3.60. The summed E-state index contributed by atoms with van der Waals surface area (Å²) in [6.45, 7) is 9.46. The van der Waals surface area contributed by atoms with Crippen LogP contribution < -0.4 is 5.32 Å². The molecule has 8 heteroatoms. The van der Waals surface area contributed by atoms with Gasteiger partial charge in [-0.25, -0.2) is 13.4 Å². The van der Waals surface area contributed by atoms with E-state index in [1.807, 2.05) is 26.2 Å². The van der Waals surface area contributed by atoms with Crippen LogP contribution >= 0.6 is 11.3 Å². The Morgan fingerprint density at radius 3 is 2.55 bits per heavy atom. The van der Waals surface area contributed by atoms with Crippen LogP contribution in [0.5, 0.6) is 0 Å². The molecule has 2 heterocycles. The lowest BCUT2D eigenvalue weighted by atomic mass is 10.0. The monoisotopic (exact) mass is 463 g/mol. The van der Waals surface area contributed by atoms with Gasteiger partial charge >= 0.3 is 0 Å². The molecule has 1 aromatic heterocycles. The topological polar surface area (TPSA) is 79.4 Å². The second-order valence-electron chi connectivity index (χ2n) is 8.60. The van der Waals surface area contributed by atoms with Crippen molar-refractivity contribution in [2.45, 2.75) is 64.7 Å². The van der Waals surface area contributed by atoms with Crippen molar-refractivity contribution in [2.75, 3.05) is 19.6 Å². The number of rotatable bonds is 8. The summed E-state index contributed by atoms with van der Waals surface area (Å²) >= 11 is 1.67. The van der Waals surface area contributed by atoms with E-state index in [1.54, 1.807) is 27.8 Å². The lowest BCUT2D eigenvalue weighted by molar-refractivity contribution is 0.0952. The molecule has 0 atom stereocenters. The molecule has 0 saturated carbocycles. The standard InChI is InChI=1S/C23H33N3O3S2/c1-16-8-11-26(12-9-16)31(28,29)21-14-20(13-17(2)19(21)4)23(27)24-10-6-5-7-22-25-18(3)15-30-22/h13-16H,5-12H2,1-4H3,(H,24,27). The summed E-state index contributed by atoms with van der Waals surface area (Å²) < 4.78 is 28.1. The highest BCUT2D eigenvalue weighted by Crippen LogP contribution is 2.28. The normalized spacial score (nSPS) is 15.9. The Labute approximate surface area is 190 Å². The van der Waals surface area contributed by atoms with Gasteiger partial charge in [0.15, 0.2) is 0 Å². The van der Waals surface area contributed by atoms with E-state index >= 15 is 0 Å². The van der Waals surface area contributed by atoms with Crippen LogP contribution in [0.4, 0.5) is 0 Å². The minimum atomic E-state index is -3.60. The highest BCUT2D eigenvalue weighted by Gasteiger charge is 2.30. The molecular weight excluding hydrogens is 430 g/mol. The zero-order valence-electron chi connectivity index (χ0n) is 18.9. The molecule has 1 aromatic carbocycles. The van der Waals surface area contributed by atoms with E-state index in [9.17, 15) is 13.2 Å². The molecule has 1 amide bonds. The molecule has 1 aliphatic heterocycles. The van der Waals surface area contributed by atoms with Crippen molar-refractivity contribution in [3.05, 3.63) is 44.9 Å². The van der Waals surface area contributed by atoms with Gasteiger partial charge in [-0.2, -0.15) is 4.31 Å². The number of nitrogens with one attached hydrogen (secondary N) is 1. The lowest BCUT2D eigenvalue weighted by Gasteiger charge is -2.30. The van der Waals surface area contributed by atoms with Gasteiger partial charge in [-0.15, -0.1) is 11.3 Å². The minimum Gasteiger partial charge on any atom is -0.352 e. The molecule has 1 aliphatic rings. The third kappa shape index (κ3) is 5.93. The Morgan fingerprint density at radius 1 is 1.19 bits per heavy atom. The number of aryl methyl sites for hydroxylation is 3. The molecule has 170 valence electrons. The molecule has 6 nitrogen and oxygen atoms in total. The number of hydrogen-bond donors (Lipinski definition) is 1. The van der Waals surface area contributed by atoms with E-state index in [1.165, 1.54) is 0 Å². The van der Waals surface area contributed by atoms with Crippen LogP contribution in [-0.2, 0) is 16.4 Å². The summed E-state index contributed by atoms with van der Waals surface area (Å²) in [5, 5.41) is 6.11. The first-order valence-electron chi connectivity index (χ1n) is 11.0. The number of aromatic nitrogens is 1. The lowest BCUT2D eigenvalue weighted by Crippen LogP contribution is -2.38. The average molecular weight is 464 g/mol. The van der Waals surface area contributed by atoms with Crippen LogP contribution in [0, 0.1) is 26.7 Å². The quantitative estimate of drug-likeness (QED) is 0.594. The maximum absolute atomic E-state index is 13.3. The number of carbonyl (C=O) groups excluding carboxylic acids is 1. The molecule has 2 aromatic rings. The van der Waals surface area contributed by atoms with Crippen molar-refractivity contribution in [3.8, 4) is 0 Å². The maximum atomic E-state index is 13.3. The molecule has 0 radical (unpaired) electrons. The molecule has 0 unspecified atom stereocenters.